The first-order valence-electron chi connectivity index (χ1n) is 22.6. The van der Waals surface area contributed by atoms with Gasteiger partial charge >= 0.3 is 23.9 Å². The summed E-state index contributed by atoms with van der Waals surface area (Å²) >= 11 is 0. The summed E-state index contributed by atoms with van der Waals surface area (Å²) in [6, 6.07) is 31.8. The molecular weight excluding hydrogens is 887 g/mol. The van der Waals surface area contributed by atoms with Crippen molar-refractivity contribution in [1.29, 1.82) is 0 Å². The minimum atomic E-state index is -1.37. The number of hydrogen-bond acceptors (Lipinski definition) is 13. The highest BCUT2D eigenvalue weighted by Crippen LogP contribution is 2.19. The molecule has 0 radical (unpaired) electrons. The number of benzene rings is 4. The van der Waals surface area contributed by atoms with Crippen molar-refractivity contribution in [2.75, 3.05) is 13.6 Å². The third-order valence-corrected chi connectivity index (χ3v) is 10.7. The molecule has 0 fully saturated rings. The van der Waals surface area contributed by atoms with Crippen LogP contribution in [0.3, 0.4) is 0 Å². The van der Waals surface area contributed by atoms with Crippen LogP contribution in [-0.2, 0) is 87.8 Å². The van der Waals surface area contributed by atoms with Gasteiger partial charge in [0.05, 0.1) is 24.3 Å². The molecule has 0 heterocycles. The Morgan fingerprint density at radius 2 is 0.826 bits per heavy atom. The number of Topliss-reactive ketones (excluding diaryl/α,β-unsaturated/α-hetero) is 2. The highest BCUT2D eigenvalue weighted by atomic mass is 16.7. The van der Waals surface area contributed by atoms with Crippen molar-refractivity contribution in [2.45, 2.75) is 89.8 Å². The summed E-state index contributed by atoms with van der Waals surface area (Å²) in [5, 5.41) is 7.50. The van der Waals surface area contributed by atoms with Crippen molar-refractivity contribution in [3.05, 3.63) is 156 Å². The van der Waals surface area contributed by atoms with Gasteiger partial charge in [-0.05, 0) is 54.9 Å². The third kappa shape index (κ3) is 19.9. The second-order valence-corrected chi connectivity index (χ2v) is 16.3. The van der Waals surface area contributed by atoms with Gasteiger partial charge in [0.15, 0.2) is 5.78 Å². The zero-order valence-corrected chi connectivity index (χ0v) is 38.8. The number of ether oxygens (including phenoxy) is 4. The van der Waals surface area contributed by atoms with Crippen LogP contribution in [0.15, 0.2) is 134 Å². The van der Waals surface area contributed by atoms with Crippen molar-refractivity contribution in [3.8, 4) is 0 Å². The number of ketones is 2. The minimum Gasteiger partial charge on any atom is -0.428 e. The number of amides is 3. The number of esters is 4. The Hall–Kier alpha value is -7.75. The molecule has 0 aliphatic heterocycles. The summed E-state index contributed by atoms with van der Waals surface area (Å²) < 4.78 is 21.1. The molecule has 0 aromatic heterocycles. The summed E-state index contributed by atoms with van der Waals surface area (Å²) in [6.07, 6.45) is 0.648. The van der Waals surface area contributed by atoms with E-state index in [1.165, 1.54) is 13.0 Å². The molecule has 3 N–H and O–H groups in total. The second-order valence-electron chi connectivity index (χ2n) is 16.3. The van der Waals surface area contributed by atoms with Crippen molar-refractivity contribution >= 4 is 53.2 Å². The molecule has 16 nitrogen and oxygen atoms in total. The van der Waals surface area contributed by atoms with Gasteiger partial charge in [-0.2, -0.15) is 0 Å². The summed E-state index contributed by atoms with van der Waals surface area (Å²) in [7, 11) is 0. The number of carbonyl (C=O) groups is 9. The lowest BCUT2D eigenvalue weighted by Crippen LogP contribution is -2.47. The number of nitrogens with one attached hydrogen (secondary N) is 3. The van der Waals surface area contributed by atoms with Crippen molar-refractivity contribution in [3.63, 3.8) is 0 Å². The highest BCUT2D eigenvalue weighted by molar-refractivity contribution is 6.01. The van der Waals surface area contributed by atoms with Crippen LogP contribution >= 0.6 is 0 Å². The van der Waals surface area contributed by atoms with E-state index in [-0.39, 0.29) is 32.1 Å². The molecule has 0 spiro atoms. The molecule has 4 aromatic rings. The third-order valence-electron chi connectivity index (χ3n) is 10.7. The molecule has 0 saturated carbocycles. The van der Waals surface area contributed by atoms with E-state index in [0.29, 0.717) is 24.0 Å². The summed E-state index contributed by atoms with van der Waals surface area (Å²) in [5.74, 6) is -8.25. The van der Waals surface area contributed by atoms with Gasteiger partial charge in [0.2, 0.25) is 31.3 Å². The lowest BCUT2D eigenvalue weighted by atomic mass is 9.91. The highest BCUT2D eigenvalue weighted by Gasteiger charge is 2.31. The lowest BCUT2D eigenvalue weighted by Gasteiger charge is -2.21. The molecule has 16 heteroatoms. The maximum absolute atomic E-state index is 13.8. The van der Waals surface area contributed by atoms with E-state index >= 15 is 0 Å². The standard InChI is InChI=1S/C53H59N3O13/c1-4-18-43(46(58)32-42(29-38-21-12-7-13-22-38)51(63)67-34-66-50(62)41(5-2)28-37-19-10-6-11-20-37)54-48(60)33-49(61)56-45(31-40-25-16-9-17-26-40)53(65)69-35-68-52(64)44(55-47(59)27-36(3)57)30-39-23-14-8-15-24-39/h4,6-17,19-26,41-45H,1,5,18,27-35H2,2-3H3,(H,54,60)(H,55,59)(H,56,61). The number of hydrogen-bond donors (Lipinski definition) is 3. The molecule has 4 aromatic carbocycles. The molecule has 0 bridgehead atoms. The predicted octanol–water partition coefficient (Wildman–Crippen LogP) is 5.05. The quantitative estimate of drug-likeness (QED) is 0.0281. The van der Waals surface area contributed by atoms with Gasteiger partial charge < -0.3 is 34.9 Å². The van der Waals surface area contributed by atoms with Gasteiger partial charge in [0, 0.05) is 19.3 Å². The van der Waals surface area contributed by atoms with Crippen LogP contribution < -0.4 is 16.0 Å². The summed E-state index contributed by atoms with van der Waals surface area (Å²) in [5.41, 5.74) is 2.97. The Morgan fingerprint density at radius 3 is 1.22 bits per heavy atom. The zero-order valence-electron chi connectivity index (χ0n) is 38.8. The fourth-order valence-corrected chi connectivity index (χ4v) is 7.18. The maximum Gasteiger partial charge on any atom is 0.331 e. The second kappa shape index (κ2) is 29.1. The molecule has 0 aliphatic rings. The summed E-state index contributed by atoms with van der Waals surface area (Å²) in [4.78, 5) is 117. The topological polar surface area (TPSA) is 227 Å². The van der Waals surface area contributed by atoms with Gasteiger partial charge in [0.1, 0.15) is 24.3 Å². The largest absolute Gasteiger partial charge is 0.428 e. The van der Waals surface area contributed by atoms with Crippen molar-refractivity contribution in [2.24, 2.45) is 11.8 Å². The smallest absolute Gasteiger partial charge is 0.331 e. The average molecular weight is 946 g/mol. The molecule has 0 aliphatic carbocycles. The summed E-state index contributed by atoms with van der Waals surface area (Å²) in [6.45, 7) is 5.22. The Balaban J connectivity index is 1.36. The Labute approximate surface area is 401 Å². The average Bonchev–Trinajstić information content (AvgIpc) is 3.33. The van der Waals surface area contributed by atoms with Crippen molar-refractivity contribution in [1.82, 2.24) is 16.0 Å². The Kier molecular flexibility index (Phi) is 22.7. The van der Waals surface area contributed by atoms with E-state index < -0.39 is 110 Å². The first-order valence-corrected chi connectivity index (χ1v) is 22.6. The van der Waals surface area contributed by atoms with Gasteiger partial charge in [-0.15, -0.1) is 6.58 Å². The van der Waals surface area contributed by atoms with Crippen LogP contribution in [0.4, 0.5) is 0 Å². The number of carbonyl (C=O) groups excluding carboxylic acids is 9. The van der Waals surface area contributed by atoms with Gasteiger partial charge in [-0.1, -0.05) is 134 Å². The van der Waals surface area contributed by atoms with E-state index in [1.807, 2.05) is 37.3 Å². The monoisotopic (exact) mass is 945 g/mol. The Bertz CT molecular complexity index is 2340. The predicted molar refractivity (Wildman–Crippen MR) is 252 cm³/mol. The maximum atomic E-state index is 13.8. The van der Waals surface area contributed by atoms with E-state index in [1.54, 1.807) is 91.0 Å². The van der Waals surface area contributed by atoms with E-state index in [9.17, 15) is 43.2 Å². The van der Waals surface area contributed by atoms with E-state index in [2.05, 4.69) is 22.5 Å². The van der Waals surface area contributed by atoms with E-state index in [0.717, 1.165) is 11.1 Å². The molecule has 364 valence electrons. The number of rotatable bonds is 29. The van der Waals surface area contributed by atoms with Crippen LogP contribution in [0.25, 0.3) is 0 Å². The molecule has 5 unspecified atom stereocenters. The molecule has 0 saturated heterocycles. The molecule has 4 rings (SSSR count). The van der Waals surface area contributed by atoms with Crippen LogP contribution in [0, 0.1) is 11.8 Å². The fourth-order valence-electron chi connectivity index (χ4n) is 7.18. The minimum absolute atomic E-state index is 0.0143. The molecule has 3 amide bonds. The molecule has 69 heavy (non-hydrogen) atoms. The van der Waals surface area contributed by atoms with Gasteiger partial charge in [-0.3, -0.25) is 33.6 Å². The van der Waals surface area contributed by atoms with Gasteiger partial charge in [0.25, 0.3) is 0 Å². The van der Waals surface area contributed by atoms with Crippen LogP contribution in [0.2, 0.25) is 0 Å². The first-order chi connectivity index (χ1) is 33.2. The van der Waals surface area contributed by atoms with Crippen LogP contribution in [0.5, 0.6) is 0 Å². The molecular formula is C53H59N3O13. The Morgan fingerprint density at radius 1 is 0.478 bits per heavy atom. The first kappa shape index (κ1) is 53.9. The lowest BCUT2D eigenvalue weighted by molar-refractivity contribution is -0.174. The van der Waals surface area contributed by atoms with Crippen LogP contribution in [-0.4, -0.2) is 84.9 Å². The fraction of sp³-hybridized carbons (Fsp3) is 0.340. The van der Waals surface area contributed by atoms with Crippen LogP contribution in [0.1, 0.15) is 68.2 Å². The zero-order chi connectivity index (χ0) is 50.0. The van der Waals surface area contributed by atoms with Crippen molar-refractivity contribution < 1.29 is 62.1 Å². The van der Waals surface area contributed by atoms with E-state index in [4.69, 9.17) is 18.9 Å². The van der Waals surface area contributed by atoms with Gasteiger partial charge in [-0.25, -0.2) is 9.59 Å². The molecule has 5 atom stereocenters. The normalized spacial score (nSPS) is 12.8. The SMILES string of the molecule is C=CCC(NC(=O)CC(=O)NC(Cc1ccccc1)C(=O)OCOC(=O)C(Cc1ccccc1)NC(=O)CC(C)=O)C(=O)CC(Cc1ccccc1)C(=O)OCOC(=O)C(CC)Cc1ccccc1.